The highest BCUT2D eigenvalue weighted by Crippen LogP contribution is 2.28. The van der Waals surface area contributed by atoms with Crippen molar-refractivity contribution in [1.29, 1.82) is 5.26 Å². The van der Waals surface area contributed by atoms with Crippen LogP contribution >= 0.6 is 0 Å². The van der Waals surface area contributed by atoms with Crippen LogP contribution in [0.3, 0.4) is 0 Å². The summed E-state index contributed by atoms with van der Waals surface area (Å²) in [6, 6.07) is 15.5. The van der Waals surface area contributed by atoms with Gasteiger partial charge in [0.25, 0.3) is 0 Å². The zero-order valence-electron chi connectivity index (χ0n) is 16.7. The van der Waals surface area contributed by atoms with Gasteiger partial charge in [0.15, 0.2) is 12.2 Å². The van der Waals surface area contributed by atoms with Gasteiger partial charge in [-0.15, -0.1) is 0 Å². The number of hydrogen-bond donors (Lipinski definition) is 3. The van der Waals surface area contributed by atoms with Crippen LogP contribution in [0.15, 0.2) is 65.5 Å². The fraction of sp³-hybridized carbons (Fsp3) is 0.261. The van der Waals surface area contributed by atoms with Crippen molar-refractivity contribution in [3.8, 4) is 17.4 Å². The molecule has 3 aromatic rings. The molecular weight excluding hydrogens is 396 g/mol. The average Bonchev–Trinajstić information content (AvgIpc) is 3.47. The Hall–Kier alpha value is -3.51. The van der Waals surface area contributed by atoms with E-state index < -0.39 is 18.4 Å². The number of aliphatic hydroxyl groups is 2. The summed E-state index contributed by atoms with van der Waals surface area (Å²) in [6.07, 6.45) is 1.42. The second-order valence-electron chi connectivity index (χ2n) is 7.49. The molecule has 2 aromatic carbocycles. The fourth-order valence-corrected chi connectivity index (χ4v) is 3.78. The van der Waals surface area contributed by atoms with Crippen LogP contribution in [0.1, 0.15) is 29.3 Å². The van der Waals surface area contributed by atoms with Crippen molar-refractivity contribution >= 4 is 5.91 Å². The summed E-state index contributed by atoms with van der Waals surface area (Å²) >= 11 is 0. The van der Waals surface area contributed by atoms with E-state index >= 15 is 0 Å². The number of nitrogens with zero attached hydrogens (tertiary/aromatic N) is 3. The highest BCUT2D eigenvalue weighted by molar-refractivity contribution is 5.82. The number of aromatic nitrogens is 1. The predicted molar refractivity (Wildman–Crippen MR) is 111 cm³/mol. The van der Waals surface area contributed by atoms with Gasteiger partial charge >= 0.3 is 0 Å². The number of nitriles is 1. The first kappa shape index (κ1) is 20.8. The maximum atomic E-state index is 12.8. The van der Waals surface area contributed by atoms with E-state index in [0.29, 0.717) is 23.4 Å². The number of aliphatic hydroxyl groups excluding tert-OH is 2. The van der Waals surface area contributed by atoms with Crippen LogP contribution in [0.2, 0.25) is 0 Å². The molecule has 0 radical (unpaired) electrons. The number of carbonyl (C=O) groups is 1. The van der Waals surface area contributed by atoms with Crippen LogP contribution in [0.5, 0.6) is 0 Å². The summed E-state index contributed by atoms with van der Waals surface area (Å²) in [5.74, 6) is 0.395. The van der Waals surface area contributed by atoms with Crippen molar-refractivity contribution in [2.75, 3.05) is 6.54 Å². The second kappa shape index (κ2) is 9.10. The van der Waals surface area contributed by atoms with Crippen LogP contribution in [0.25, 0.3) is 11.3 Å². The molecule has 8 heteroatoms. The first-order valence-corrected chi connectivity index (χ1v) is 9.92. The number of amides is 1. The molecule has 158 valence electrons. The summed E-state index contributed by atoms with van der Waals surface area (Å²) < 4.78 is 5.27. The Morgan fingerprint density at radius 1 is 1.32 bits per heavy atom. The number of hydrogen-bond acceptors (Lipinski definition) is 7. The first-order valence-electron chi connectivity index (χ1n) is 9.92. The smallest absolute Gasteiger partial charge is 0.237 e. The molecule has 3 atom stereocenters. The molecule has 0 spiro atoms. The molecule has 3 N–H and O–H groups in total. The van der Waals surface area contributed by atoms with Crippen molar-refractivity contribution in [1.82, 2.24) is 15.2 Å². The Morgan fingerprint density at radius 2 is 2.13 bits per heavy atom. The van der Waals surface area contributed by atoms with Gasteiger partial charge in [0.2, 0.25) is 5.91 Å². The molecule has 1 unspecified atom stereocenters. The summed E-state index contributed by atoms with van der Waals surface area (Å²) in [5, 5.41) is 32.9. The number of oxazole rings is 1. The average molecular weight is 418 g/mol. The van der Waals surface area contributed by atoms with E-state index in [4.69, 9.17) is 9.68 Å². The molecule has 1 aliphatic heterocycles. The molecule has 0 aliphatic carbocycles. The van der Waals surface area contributed by atoms with Crippen LogP contribution in [-0.4, -0.2) is 44.7 Å². The van der Waals surface area contributed by atoms with E-state index in [1.165, 1.54) is 6.39 Å². The fourth-order valence-electron chi connectivity index (χ4n) is 3.78. The van der Waals surface area contributed by atoms with Crippen molar-refractivity contribution in [3.05, 3.63) is 77.8 Å². The number of rotatable bonds is 6. The van der Waals surface area contributed by atoms with Crippen LogP contribution in [0, 0.1) is 11.3 Å². The van der Waals surface area contributed by atoms with Crippen LogP contribution in [0.4, 0.5) is 0 Å². The molecular formula is C23H22N4O4. The lowest BCUT2D eigenvalue weighted by atomic mass is 10.1. The predicted octanol–water partition coefficient (Wildman–Crippen LogP) is 1.96. The normalized spacial score (nSPS) is 19.6. The Balaban J connectivity index is 1.41. The van der Waals surface area contributed by atoms with Crippen LogP contribution < -0.4 is 5.32 Å². The molecule has 31 heavy (non-hydrogen) atoms. The highest BCUT2D eigenvalue weighted by Gasteiger charge is 2.39. The maximum absolute atomic E-state index is 12.8. The molecule has 8 nitrogen and oxygen atoms in total. The maximum Gasteiger partial charge on any atom is 0.237 e. The van der Waals surface area contributed by atoms with E-state index in [9.17, 15) is 15.0 Å². The number of benzene rings is 2. The molecule has 1 aromatic heterocycles. The Labute approximate surface area is 179 Å². The number of nitrogens with one attached hydrogen (secondary N) is 1. The third kappa shape index (κ3) is 4.64. The minimum Gasteiger partial charge on any atom is -0.444 e. The Kier molecular flexibility index (Phi) is 6.09. The Morgan fingerprint density at radius 3 is 2.84 bits per heavy atom. The first-order chi connectivity index (χ1) is 15.0. The van der Waals surface area contributed by atoms with E-state index in [1.807, 2.05) is 30.3 Å². The molecule has 1 amide bonds. The summed E-state index contributed by atoms with van der Waals surface area (Å²) in [7, 11) is 0. The van der Waals surface area contributed by atoms with Gasteiger partial charge in [-0.3, -0.25) is 9.69 Å². The van der Waals surface area contributed by atoms with Gasteiger partial charge in [0, 0.05) is 18.7 Å². The molecule has 0 saturated carbocycles. The van der Waals surface area contributed by atoms with E-state index in [2.05, 4.69) is 10.3 Å². The monoisotopic (exact) mass is 418 g/mol. The summed E-state index contributed by atoms with van der Waals surface area (Å²) in [5.41, 5.74) is 2.73. The number of likely N-dealkylation sites (tertiary alicyclic amines) is 1. The summed E-state index contributed by atoms with van der Waals surface area (Å²) in [4.78, 5) is 18.3. The molecule has 1 saturated heterocycles. The largest absolute Gasteiger partial charge is 0.444 e. The van der Waals surface area contributed by atoms with E-state index in [1.54, 1.807) is 35.4 Å². The summed E-state index contributed by atoms with van der Waals surface area (Å²) in [6.45, 7) is 0.484. The minimum absolute atomic E-state index is 0.169. The lowest BCUT2D eigenvalue weighted by Gasteiger charge is -2.28. The van der Waals surface area contributed by atoms with Gasteiger partial charge in [0.05, 0.1) is 30.0 Å². The quantitative estimate of drug-likeness (QED) is 0.559. The van der Waals surface area contributed by atoms with Crippen LogP contribution in [-0.2, 0) is 11.3 Å². The van der Waals surface area contributed by atoms with Gasteiger partial charge in [-0.05, 0) is 29.7 Å². The van der Waals surface area contributed by atoms with E-state index in [-0.39, 0.29) is 18.9 Å². The number of carbonyl (C=O) groups excluding carboxylic acids is 1. The van der Waals surface area contributed by atoms with Crippen molar-refractivity contribution < 1.29 is 19.4 Å². The van der Waals surface area contributed by atoms with Crippen molar-refractivity contribution in [2.24, 2.45) is 0 Å². The highest BCUT2D eigenvalue weighted by atomic mass is 16.3. The van der Waals surface area contributed by atoms with Gasteiger partial charge < -0.3 is 19.9 Å². The zero-order chi connectivity index (χ0) is 21.8. The Bertz CT molecular complexity index is 1080. The van der Waals surface area contributed by atoms with Crippen molar-refractivity contribution in [2.45, 2.75) is 31.3 Å². The number of β-amino-alcohol motifs (C(OH)–C–C–N with tert-alkyl or cyclic N) is 1. The topological polar surface area (TPSA) is 123 Å². The third-order valence-electron chi connectivity index (χ3n) is 5.39. The lowest BCUT2D eigenvalue weighted by molar-refractivity contribution is -0.129. The standard InChI is InChI=1S/C23H22N4O4/c24-10-16-2-1-3-18(8-16)23(30)27-13-19(28)9-20(27)22(29)26-11-15-4-6-17(7-5-15)21-12-25-14-31-21/h1-8,12,14,19-20,23,28,30H,9,11,13H2,(H,26,29)/t19-,20+,23?/m1/s1. The van der Waals surface area contributed by atoms with Gasteiger partial charge in [0.1, 0.15) is 6.23 Å². The van der Waals surface area contributed by atoms with Gasteiger partial charge in [-0.25, -0.2) is 4.98 Å². The van der Waals surface area contributed by atoms with Crippen molar-refractivity contribution in [3.63, 3.8) is 0 Å². The second-order valence-corrected chi connectivity index (χ2v) is 7.49. The molecule has 1 aliphatic rings. The molecule has 0 bridgehead atoms. The zero-order valence-corrected chi connectivity index (χ0v) is 16.7. The lowest BCUT2D eigenvalue weighted by Crippen LogP contribution is -2.44. The van der Waals surface area contributed by atoms with Gasteiger partial charge in [-0.2, -0.15) is 5.26 Å². The SMILES string of the molecule is N#Cc1cccc(C(O)N2C[C@H](O)C[C@H]2C(=O)NCc2ccc(-c3cnco3)cc2)c1. The molecule has 2 heterocycles. The molecule has 4 rings (SSSR count). The molecule has 1 fully saturated rings. The van der Waals surface area contributed by atoms with E-state index in [0.717, 1.165) is 11.1 Å². The van der Waals surface area contributed by atoms with Gasteiger partial charge in [-0.1, -0.05) is 36.4 Å². The minimum atomic E-state index is -1.10. The third-order valence-corrected chi connectivity index (χ3v) is 5.39.